The van der Waals surface area contributed by atoms with E-state index < -0.39 is 0 Å². The first-order valence-electron chi connectivity index (χ1n) is 18.8. The molecule has 0 saturated heterocycles. The molecule has 0 radical (unpaired) electrons. The van der Waals surface area contributed by atoms with Gasteiger partial charge in [-0.3, -0.25) is 0 Å². The molecule has 0 atom stereocenters. The second kappa shape index (κ2) is 12.8. The van der Waals surface area contributed by atoms with Crippen molar-refractivity contribution in [1.29, 1.82) is 0 Å². The molecule has 5 aromatic heterocycles. The molecule has 4 aromatic carbocycles. The Morgan fingerprint density at radius 3 is 2.33 bits per heavy atom. The second-order valence-corrected chi connectivity index (χ2v) is 16.7. The Kier molecular flexibility index (Phi) is 8.24. The molecular formula is C48H41N3O2Pt. The van der Waals surface area contributed by atoms with Crippen LogP contribution in [0, 0.1) is 17.5 Å². The predicted molar refractivity (Wildman–Crippen MR) is 215 cm³/mol. The smallest absolute Gasteiger partial charge is 0.496 e. The number of aromatic nitrogens is 3. The third-order valence-electron chi connectivity index (χ3n) is 11.6. The van der Waals surface area contributed by atoms with Crippen molar-refractivity contribution in [3.63, 3.8) is 0 Å². The molecule has 0 bridgehead atoms. The molecule has 0 unspecified atom stereocenters. The summed E-state index contributed by atoms with van der Waals surface area (Å²) in [5.74, 6) is 1.65. The molecule has 6 heteroatoms. The molecule has 0 aliphatic heterocycles. The molecule has 0 amide bonds. The normalized spacial score (nSPS) is 15.1. The van der Waals surface area contributed by atoms with Gasteiger partial charge in [0, 0.05) is 40.1 Å². The summed E-state index contributed by atoms with van der Waals surface area (Å²) in [4.78, 5) is 9.48. The van der Waals surface area contributed by atoms with Crippen LogP contribution in [0.1, 0.15) is 77.3 Å². The van der Waals surface area contributed by atoms with E-state index in [1.807, 2.05) is 54.9 Å². The van der Waals surface area contributed by atoms with E-state index in [0.717, 1.165) is 50.0 Å². The fraction of sp³-hybridized carbons (Fsp3) is 0.250. The Labute approximate surface area is 330 Å². The average molecular weight is 887 g/mol. The van der Waals surface area contributed by atoms with E-state index >= 15 is 0 Å². The van der Waals surface area contributed by atoms with Crippen molar-refractivity contribution in [2.75, 3.05) is 0 Å². The molecule has 270 valence electrons. The number of para-hydroxylation sites is 1. The van der Waals surface area contributed by atoms with Gasteiger partial charge in [0.15, 0.2) is 0 Å². The molecule has 9 aromatic rings. The summed E-state index contributed by atoms with van der Waals surface area (Å²) in [6.07, 6.45) is 8.60. The summed E-state index contributed by atoms with van der Waals surface area (Å²) >= 11 is 0. The topological polar surface area (TPSA) is 52.6 Å². The predicted octanol–water partition coefficient (Wildman–Crippen LogP) is 13.1. The van der Waals surface area contributed by atoms with Crippen LogP contribution in [0.15, 0.2) is 108 Å². The minimum Gasteiger partial charge on any atom is -0.496 e. The Morgan fingerprint density at radius 2 is 1.54 bits per heavy atom. The minimum atomic E-state index is 0. The van der Waals surface area contributed by atoms with Gasteiger partial charge in [-0.05, 0) is 101 Å². The number of pyridine rings is 2. The fourth-order valence-electron chi connectivity index (χ4n) is 8.59. The molecular weight excluding hydrogens is 846 g/mol. The van der Waals surface area contributed by atoms with Crippen LogP contribution in [0.5, 0.6) is 11.5 Å². The summed E-state index contributed by atoms with van der Waals surface area (Å²) in [6.45, 7) is 11.4. The first-order chi connectivity index (χ1) is 25.6. The molecule has 0 N–H and O–H groups in total. The van der Waals surface area contributed by atoms with E-state index in [1.54, 1.807) is 0 Å². The first kappa shape index (κ1) is 34.8. The summed E-state index contributed by atoms with van der Waals surface area (Å²) in [5, 5.41) is 4.69. The van der Waals surface area contributed by atoms with Crippen LogP contribution in [-0.4, -0.2) is 14.4 Å². The van der Waals surface area contributed by atoms with Crippen molar-refractivity contribution in [2.45, 2.75) is 71.6 Å². The van der Waals surface area contributed by atoms with E-state index in [9.17, 15) is 0 Å². The number of furan rings is 1. The molecule has 1 aliphatic rings. The zero-order valence-electron chi connectivity index (χ0n) is 31.2. The maximum Gasteiger partial charge on any atom is 2.00 e. The number of ether oxygens (including phenoxy) is 1. The van der Waals surface area contributed by atoms with Gasteiger partial charge in [0.2, 0.25) is 0 Å². The zero-order chi connectivity index (χ0) is 36.1. The molecule has 1 saturated carbocycles. The van der Waals surface area contributed by atoms with Gasteiger partial charge >= 0.3 is 21.1 Å². The summed E-state index contributed by atoms with van der Waals surface area (Å²) in [6, 6.07) is 38.8. The maximum atomic E-state index is 6.98. The number of fused-ring (bicyclic) bond motifs is 8. The van der Waals surface area contributed by atoms with E-state index in [0.29, 0.717) is 22.8 Å². The molecule has 1 aliphatic carbocycles. The molecule has 54 heavy (non-hydrogen) atoms. The van der Waals surface area contributed by atoms with Crippen LogP contribution in [-0.2, 0) is 26.5 Å². The zero-order valence-corrected chi connectivity index (χ0v) is 33.5. The van der Waals surface area contributed by atoms with Gasteiger partial charge in [0.05, 0.1) is 22.1 Å². The van der Waals surface area contributed by atoms with Gasteiger partial charge < -0.3 is 23.5 Å². The standard InChI is InChI=1S/C48H41N3O2.Pt/c1-47(2,3)32-18-22-50-40(26-32)30-11-10-12-33(23-30)52-34-27-37(39-14-8-9-21-49-39)43-42(28-34)53-46-38-25-31(29-16-19-48(4,5)20-17-29)24-36-35-13-6-7-15-41(35)51(44(36)38)45(43)46;/h6-15,18,21-22,24-26,28-29H,16-17,19-20H2,1-5H3;/q-2;+2. The SMILES string of the molecule is CC1(C)CCC(c2cc3c4ccccc4n4c3c(c2)c2oc3cc(Oc5[c-]c(-c6cc(C(C)(C)C)ccn6)ccc5)[c-]c(-c5ccccn5)c3c24)CC1.[Pt+2]. The second-order valence-electron chi connectivity index (χ2n) is 16.7. The van der Waals surface area contributed by atoms with Gasteiger partial charge in [-0.15, -0.1) is 29.3 Å². The van der Waals surface area contributed by atoms with Crippen molar-refractivity contribution in [3.05, 3.63) is 127 Å². The Balaban J connectivity index is 0.00000384. The summed E-state index contributed by atoms with van der Waals surface area (Å²) < 4.78 is 16.0. The largest absolute Gasteiger partial charge is 2.00 e. The Hall–Kier alpha value is -4.99. The van der Waals surface area contributed by atoms with Crippen molar-refractivity contribution in [1.82, 2.24) is 14.4 Å². The Bertz CT molecular complexity index is 2830. The monoisotopic (exact) mass is 886 g/mol. The van der Waals surface area contributed by atoms with E-state index in [2.05, 4.69) is 105 Å². The van der Waals surface area contributed by atoms with Crippen LogP contribution >= 0.6 is 0 Å². The van der Waals surface area contributed by atoms with Gasteiger partial charge in [0.25, 0.3) is 0 Å². The van der Waals surface area contributed by atoms with Crippen LogP contribution in [0.2, 0.25) is 0 Å². The van der Waals surface area contributed by atoms with Crippen molar-refractivity contribution >= 4 is 49.3 Å². The van der Waals surface area contributed by atoms with E-state index in [-0.39, 0.29) is 26.5 Å². The van der Waals surface area contributed by atoms with Crippen molar-refractivity contribution in [2.24, 2.45) is 5.41 Å². The van der Waals surface area contributed by atoms with E-state index in [4.69, 9.17) is 14.1 Å². The van der Waals surface area contributed by atoms with Gasteiger partial charge in [-0.2, -0.15) is 0 Å². The van der Waals surface area contributed by atoms with Gasteiger partial charge in [-0.25, -0.2) is 0 Å². The summed E-state index contributed by atoms with van der Waals surface area (Å²) in [7, 11) is 0. The first-order valence-corrected chi connectivity index (χ1v) is 18.8. The average Bonchev–Trinajstić information content (AvgIpc) is 3.80. The molecule has 0 spiro atoms. The van der Waals surface area contributed by atoms with Crippen LogP contribution in [0.4, 0.5) is 0 Å². The summed E-state index contributed by atoms with van der Waals surface area (Å²) in [5.41, 5.74) is 11.5. The molecule has 10 rings (SSSR count). The number of rotatable bonds is 5. The van der Waals surface area contributed by atoms with E-state index in [1.165, 1.54) is 58.6 Å². The minimum absolute atomic E-state index is 0. The quantitative estimate of drug-likeness (QED) is 0.162. The van der Waals surface area contributed by atoms with Crippen molar-refractivity contribution in [3.8, 4) is 34.0 Å². The third-order valence-corrected chi connectivity index (χ3v) is 11.6. The number of nitrogens with zero attached hydrogens (tertiary/aromatic N) is 3. The maximum absolute atomic E-state index is 6.98. The molecule has 5 nitrogen and oxygen atoms in total. The van der Waals surface area contributed by atoms with Gasteiger partial charge in [0.1, 0.15) is 5.58 Å². The van der Waals surface area contributed by atoms with Crippen LogP contribution in [0.3, 0.4) is 0 Å². The third kappa shape index (κ3) is 5.71. The number of benzene rings is 4. The molecule has 5 heterocycles. The molecule has 1 fully saturated rings. The number of hydrogen-bond acceptors (Lipinski definition) is 4. The van der Waals surface area contributed by atoms with Gasteiger partial charge in [-0.1, -0.05) is 89.2 Å². The number of hydrogen-bond donors (Lipinski definition) is 0. The van der Waals surface area contributed by atoms with Crippen molar-refractivity contribution < 1.29 is 30.2 Å². The van der Waals surface area contributed by atoms with Crippen LogP contribution < -0.4 is 4.74 Å². The Morgan fingerprint density at radius 1 is 0.759 bits per heavy atom. The van der Waals surface area contributed by atoms with Crippen LogP contribution in [0.25, 0.3) is 71.8 Å². The fourth-order valence-corrected chi connectivity index (χ4v) is 8.59.